The van der Waals surface area contributed by atoms with Gasteiger partial charge >= 0.3 is 0 Å². The van der Waals surface area contributed by atoms with Crippen LogP contribution in [0.4, 0.5) is 0 Å². The van der Waals surface area contributed by atoms with Gasteiger partial charge in [-0.1, -0.05) is 63.6 Å². The zero-order chi connectivity index (χ0) is 24.8. The Morgan fingerprint density at radius 1 is 1.15 bits per heavy atom. The van der Waals surface area contributed by atoms with E-state index in [1.54, 1.807) is 11.0 Å². The normalized spacial score (nSPS) is 12.4. The van der Waals surface area contributed by atoms with Crippen molar-refractivity contribution in [3.63, 3.8) is 0 Å². The van der Waals surface area contributed by atoms with Crippen LogP contribution in [0.15, 0.2) is 46.9 Å². The number of rotatable bonds is 9. The van der Waals surface area contributed by atoms with Crippen LogP contribution >= 0.6 is 27.5 Å². The summed E-state index contributed by atoms with van der Waals surface area (Å²) < 4.78 is 6.65. The van der Waals surface area contributed by atoms with Gasteiger partial charge in [-0.25, -0.2) is 0 Å². The van der Waals surface area contributed by atoms with Crippen molar-refractivity contribution in [2.75, 3.05) is 6.61 Å². The first-order valence-electron chi connectivity index (χ1n) is 11.2. The second-order valence-corrected chi connectivity index (χ2v) is 10.6. The lowest BCUT2D eigenvalue weighted by molar-refractivity contribution is -0.143. The van der Waals surface area contributed by atoms with Gasteiger partial charge in [-0.3, -0.25) is 9.59 Å². The van der Waals surface area contributed by atoms with Crippen molar-refractivity contribution in [1.82, 2.24) is 10.2 Å². The summed E-state index contributed by atoms with van der Waals surface area (Å²) in [7, 11) is 0. The van der Waals surface area contributed by atoms with E-state index in [2.05, 4.69) is 42.0 Å². The van der Waals surface area contributed by atoms with E-state index in [0.29, 0.717) is 17.2 Å². The van der Waals surface area contributed by atoms with Gasteiger partial charge in [0.15, 0.2) is 6.61 Å². The van der Waals surface area contributed by atoms with E-state index >= 15 is 0 Å². The highest BCUT2D eigenvalue weighted by Crippen LogP contribution is 2.31. The number of nitrogens with zero attached hydrogens (tertiary/aromatic N) is 1. The molecule has 0 fully saturated rings. The summed E-state index contributed by atoms with van der Waals surface area (Å²) in [4.78, 5) is 27.8. The van der Waals surface area contributed by atoms with Crippen LogP contribution in [0, 0.1) is 0 Å². The van der Waals surface area contributed by atoms with Gasteiger partial charge in [0.05, 0.1) is 4.47 Å². The number of carbonyl (C=O) groups excluding carboxylic acids is 2. The predicted molar refractivity (Wildman–Crippen MR) is 138 cm³/mol. The number of halogens is 2. The maximum atomic E-state index is 13.3. The fraction of sp³-hybridized carbons (Fsp3) is 0.462. The van der Waals surface area contributed by atoms with Gasteiger partial charge < -0.3 is 15.0 Å². The molecule has 0 saturated carbocycles. The Hall–Kier alpha value is -2.05. The Morgan fingerprint density at radius 3 is 2.36 bits per heavy atom. The van der Waals surface area contributed by atoms with Crippen LogP contribution in [0.1, 0.15) is 59.1 Å². The Labute approximate surface area is 211 Å². The number of amides is 2. The number of hydrogen-bond acceptors (Lipinski definition) is 3. The monoisotopic (exact) mass is 536 g/mol. The van der Waals surface area contributed by atoms with Gasteiger partial charge in [-0.2, -0.15) is 0 Å². The standard InChI is InChI=1S/C26H34BrClN2O3/c1-7-22(25(32)29-17(2)3)30(15-18-10-8-9-11-21(18)28)24(31)16-33-23-13-12-19(14-20(23)27)26(4,5)6/h8-14,17,22H,7,15-16H2,1-6H3,(H,29,32). The molecule has 0 heterocycles. The molecule has 0 aromatic heterocycles. The Kier molecular flexibility index (Phi) is 9.80. The van der Waals surface area contributed by atoms with E-state index in [4.69, 9.17) is 16.3 Å². The highest BCUT2D eigenvalue weighted by molar-refractivity contribution is 9.10. The molecule has 2 aromatic carbocycles. The van der Waals surface area contributed by atoms with Gasteiger partial charge in [0.25, 0.3) is 5.91 Å². The van der Waals surface area contributed by atoms with Crippen LogP contribution in [-0.2, 0) is 21.5 Å². The summed E-state index contributed by atoms with van der Waals surface area (Å²) in [5.74, 6) is 0.102. The van der Waals surface area contributed by atoms with Crippen LogP contribution in [-0.4, -0.2) is 35.4 Å². The summed E-state index contributed by atoms with van der Waals surface area (Å²) in [6.07, 6.45) is 0.471. The van der Waals surface area contributed by atoms with Crippen molar-refractivity contribution in [3.05, 3.63) is 63.1 Å². The molecule has 2 aromatic rings. The molecule has 0 saturated heterocycles. The summed E-state index contributed by atoms with van der Waals surface area (Å²) >= 11 is 9.91. The fourth-order valence-corrected chi connectivity index (χ4v) is 4.11. The predicted octanol–water partition coefficient (Wildman–Crippen LogP) is 6.11. The molecule has 0 bridgehead atoms. The van der Waals surface area contributed by atoms with E-state index < -0.39 is 6.04 Å². The molecule has 33 heavy (non-hydrogen) atoms. The zero-order valence-corrected chi connectivity index (χ0v) is 22.6. The molecule has 2 amide bonds. The average Bonchev–Trinajstić information content (AvgIpc) is 2.72. The Bertz CT molecular complexity index is 972. The molecule has 0 aliphatic heterocycles. The molecule has 0 spiro atoms. The van der Waals surface area contributed by atoms with E-state index in [-0.39, 0.29) is 36.4 Å². The molecule has 7 heteroatoms. The third-order valence-electron chi connectivity index (χ3n) is 5.26. The van der Waals surface area contributed by atoms with Gasteiger partial charge in [0, 0.05) is 17.6 Å². The molecule has 0 aliphatic carbocycles. The number of benzene rings is 2. The summed E-state index contributed by atoms with van der Waals surface area (Å²) in [5, 5.41) is 3.47. The number of ether oxygens (including phenoxy) is 1. The average molecular weight is 538 g/mol. The molecular weight excluding hydrogens is 504 g/mol. The lowest BCUT2D eigenvalue weighted by Crippen LogP contribution is -2.51. The Balaban J connectivity index is 2.25. The van der Waals surface area contributed by atoms with Gasteiger partial charge in [0.2, 0.25) is 5.91 Å². The van der Waals surface area contributed by atoms with Crippen molar-refractivity contribution in [3.8, 4) is 5.75 Å². The fourth-order valence-electron chi connectivity index (χ4n) is 3.42. The van der Waals surface area contributed by atoms with Crippen LogP contribution in [0.25, 0.3) is 0 Å². The molecular formula is C26H34BrClN2O3. The number of hydrogen-bond donors (Lipinski definition) is 1. The van der Waals surface area contributed by atoms with E-state index in [0.717, 1.165) is 15.6 Å². The summed E-state index contributed by atoms with van der Waals surface area (Å²) in [6.45, 7) is 12.1. The lowest BCUT2D eigenvalue weighted by Gasteiger charge is -2.31. The first kappa shape index (κ1) is 27.2. The van der Waals surface area contributed by atoms with Crippen LogP contribution in [0.3, 0.4) is 0 Å². The lowest BCUT2D eigenvalue weighted by atomic mass is 9.87. The molecule has 2 rings (SSSR count). The molecule has 0 aliphatic rings. The zero-order valence-electron chi connectivity index (χ0n) is 20.2. The van der Waals surface area contributed by atoms with Crippen molar-refractivity contribution in [2.24, 2.45) is 0 Å². The molecule has 0 radical (unpaired) electrons. The van der Waals surface area contributed by atoms with Gasteiger partial charge in [-0.15, -0.1) is 0 Å². The first-order valence-corrected chi connectivity index (χ1v) is 12.4. The molecule has 5 nitrogen and oxygen atoms in total. The second-order valence-electron chi connectivity index (χ2n) is 9.38. The minimum atomic E-state index is -0.633. The summed E-state index contributed by atoms with van der Waals surface area (Å²) in [5.41, 5.74) is 1.93. The minimum Gasteiger partial charge on any atom is -0.483 e. The maximum absolute atomic E-state index is 13.3. The maximum Gasteiger partial charge on any atom is 0.261 e. The smallest absolute Gasteiger partial charge is 0.261 e. The van der Waals surface area contributed by atoms with Gasteiger partial charge in [-0.05, 0) is 70.9 Å². The topological polar surface area (TPSA) is 58.6 Å². The number of carbonyl (C=O) groups is 2. The Morgan fingerprint density at radius 2 is 1.82 bits per heavy atom. The molecule has 1 unspecified atom stereocenters. The summed E-state index contributed by atoms with van der Waals surface area (Å²) in [6, 6.07) is 12.5. The number of nitrogens with one attached hydrogen (secondary N) is 1. The SMILES string of the molecule is CCC(C(=O)NC(C)C)N(Cc1ccccc1Cl)C(=O)COc1ccc(C(C)(C)C)cc1Br. The largest absolute Gasteiger partial charge is 0.483 e. The van der Waals surface area contributed by atoms with Crippen molar-refractivity contribution >= 4 is 39.3 Å². The van der Waals surface area contributed by atoms with Crippen LogP contribution < -0.4 is 10.1 Å². The van der Waals surface area contributed by atoms with Crippen molar-refractivity contribution < 1.29 is 14.3 Å². The second kappa shape index (κ2) is 11.9. The van der Waals surface area contributed by atoms with E-state index in [9.17, 15) is 9.59 Å². The quantitative estimate of drug-likeness (QED) is 0.420. The third kappa shape index (κ3) is 7.75. The van der Waals surface area contributed by atoms with Crippen LogP contribution in [0.2, 0.25) is 5.02 Å². The minimum absolute atomic E-state index is 0.000738. The van der Waals surface area contributed by atoms with E-state index in [1.807, 2.05) is 57.2 Å². The van der Waals surface area contributed by atoms with Gasteiger partial charge in [0.1, 0.15) is 11.8 Å². The molecule has 180 valence electrons. The third-order valence-corrected chi connectivity index (χ3v) is 6.25. The van der Waals surface area contributed by atoms with Crippen molar-refractivity contribution in [1.29, 1.82) is 0 Å². The highest BCUT2D eigenvalue weighted by atomic mass is 79.9. The first-order chi connectivity index (χ1) is 15.4. The van der Waals surface area contributed by atoms with Crippen LogP contribution in [0.5, 0.6) is 5.75 Å². The van der Waals surface area contributed by atoms with E-state index in [1.165, 1.54) is 0 Å². The highest BCUT2D eigenvalue weighted by Gasteiger charge is 2.30. The molecule has 1 atom stereocenters. The van der Waals surface area contributed by atoms with Crippen molar-refractivity contribution in [2.45, 2.75) is 72.0 Å². The molecule has 1 N–H and O–H groups in total.